The Morgan fingerprint density at radius 2 is 1.62 bits per heavy atom. The number of aliphatic hydroxyl groups excluding tert-OH is 1. The van der Waals surface area contributed by atoms with Gasteiger partial charge in [0.1, 0.15) is 0 Å². The number of aromatic nitrogens is 1. The maximum atomic E-state index is 10.0. The molecule has 1 heterocycles. The Bertz CT molecular complexity index is 1510. The summed E-state index contributed by atoms with van der Waals surface area (Å²) in [5.41, 5.74) is 11.6. The number of hydrogen-bond acceptors (Lipinski definition) is 3. The monoisotopic (exact) mass is 693 g/mol. The van der Waals surface area contributed by atoms with E-state index in [0.717, 1.165) is 5.52 Å². The average Bonchev–Trinajstić information content (AvgIpc) is 3.52. The molecule has 0 saturated heterocycles. The van der Waals surface area contributed by atoms with Crippen molar-refractivity contribution in [2.45, 2.75) is 58.8 Å². The van der Waals surface area contributed by atoms with Crippen LogP contribution in [0.4, 0.5) is 0 Å². The SMILES string of the molecule is C#C.CC(=O)C=C(C)O.Cc1[c-]c(-c2nc3ccc(-c4ccccc4)cc3c3c2C2CCC3C2)cc(C)c1.[Ir]. The molecular weight excluding hydrogens is 659 g/mol. The Balaban J connectivity index is 0.000000370. The van der Waals surface area contributed by atoms with Crippen molar-refractivity contribution in [3.63, 3.8) is 0 Å². The number of carbonyl (C=O) groups excluding carboxylic acids is 1. The van der Waals surface area contributed by atoms with E-state index in [1.54, 1.807) is 5.56 Å². The van der Waals surface area contributed by atoms with Gasteiger partial charge in [-0.2, -0.15) is 0 Å². The molecule has 0 spiro atoms. The summed E-state index contributed by atoms with van der Waals surface area (Å²) in [7, 11) is 0. The normalized spacial score (nSPS) is 16.7. The Kier molecular flexibility index (Phi) is 10.0. The number of pyridine rings is 1. The van der Waals surface area contributed by atoms with Gasteiger partial charge < -0.3 is 5.11 Å². The van der Waals surface area contributed by atoms with Gasteiger partial charge in [-0.25, -0.2) is 0 Å². The second-order valence-corrected chi connectivity index (χ2v) is 10.2. The van der Waals surface area contributed by atoms with Crippen molar-refractivity contribution in [1.29, 1.82) is 0 Å². The predicted molar refractivity (Wildman–Crippen MR) is 157 cm³/mol. The van der Waals surface area contributed by atoms with Crippen molar-refractivity contribution in [2.75, 3.05) is 0 Å². The molecule has 4 heteroatoms. The van der Waals surface area contributed by atoms with Crippen molar-refractivity contribution >= 4 is 16.7 Å². The molecule has 2 unspecified atom stereocenters. The molecular formula is C35H34IrNO2-. The van der Waals surface area contributed by atoms with E-state index in [2.05, 4.69) is 93.4 Å². The number of fused-ring (bicyclic) bond motifs is 7. The number of benzene rings is 3. The van der Waals surface area contributed by atoms with Crippen molar-refractivity contribution in [2.24, 2.45) is 0 Å². The second kappa shape index (κ2) is 13.0. The third-order valence-electron chi connectivity index (χ3n) is 7.24. The number of terminal acetylenes is 1. The van der Waals surface area contributed by atoms with Crippen LogP contribution in [0.3, 0.4) is 0 Å². The summed E-state index contributed by atoms with van der Waals surface area (Å²) in [6, 6.07) is 25.6. The number of allylic oxidation sites excluding steroid dienone is 2. The van der Waals surface area contributed by atoms with Gasteiger partial charge in [0.25, 0.3) is 0 Å². The van der Waals surface area contributed by atoms with E-state index >= 15 is 0 Å². The molecule has 39 heavy (non-hydrogen) atoms. The molecule has 201 valence electrons. The summed E-state index contributed by atoms with van der Waals surface area (Å²) in [6.45, 7) is 7.15. The molecule has 1 radical (unpaired) electrons. The molecule has 1 saturated carbocycles. The minimum atomic E-state index is -0.125. The van der Waals surface area contributed by atoms with Crippen LogP contribution in [0.25, 0.3) is 33.3 Å². The molecule has 1 aromatic heterocycles. The number of nitrogens with zero attached hydrogens (tertiary/aromatic N) is 1. The molecule has 2 aliphatic carbocycles. The smallest absolute Gasteiger partial charge is 0.155 e. The summed E-state index contributed by atoms with van der Waals surface area (Å²) in [4.78, 5) is 15.2. The molecule has 0 amide bonds. The van der Waals surface area contributed by atoms with Crippen LogP contribution in [0.2, 0.25) is 0 Å². The zero-order valence-corrected chi connectivity index (χ0v) is 25.3. The maximum Gasteiger partial charge on any atom is 0.155 e. The van der Waals surface area contributed by atoms with Gasteiger partial charge in [0, 0.05) is 31.6 Å². The van der Waals surface area contributed by atoms with Crippen LogP contribution >= 0.6 is 0 Å². The van der Waals surface area contributed by atoms with Crippen LogP contribution in [0.15, 0.2) is 72.5 Å². The van der Waals surface area contributed by atoms with Crippen LogP contribution in [-0.4, -0.2) is 15.9 Å². The number of carbonyl (C=O) groups is 1. The van der Waals surface area contributed by atoms with E-state index in [9.17, 15) is 4.79 Å². The van der Waals surface area contributed by atoms with Crippen LogP contribution < -0.4 is 0 Å². The van der Waals surface area contributed by atoms with E-state index in [-0.39, 0.29) is 31.6 Å². The molecule has 0 aliphatic heterocycles. The van der Waals surface area contributed by atoms with Crippen molar-refractivity contribution in [3.05, 3.63) is 101 Å². The van der Waals surface area contributed by atoms with E-state index in [0.29, 0.717) is 11.8 Å². The van der Waals surface area contributed by atoms with Gasteiger partial charge in [-0.05, 0) is 79.5 Å². The third-order valence-corrected chi connectivity index (χ3v) is 7.24. The molecule has 3 nitrogen and oxygen atoms in total. The first-order chi connectivity index (χ1) is 18.3. The minimum Gasteiger partial charge on any atom is -0.512 e. The number of hydrogen-bond donors (Lipinski definition) is 1. The molecule has 3 aromatic carbocycles. The molecule has 1 fully saturated rings. The van der Waals surface area contributed by atoms with Crippen LogP contribution in [0, 0.1) is 32.8 Å². The number of aryl methyl sites for hydroxylation is 2. The van der Waals surface area contributed by atoms with Crippen molar-refractivity contribution < 1.29 is 30.0 Å². The van der Waals surface area contributed by atoms with Gasteiger partial charge in [0.15, 0.2) is 5.78 Å². The summed E-state index contributed by atoms with van der Waals surface area (Å²) in [5, 5.41) is 9.73. The van der Waals surface area contributed by atoms with Crippen LogP contribution in [0.1, 0.15) is 67.2 Å². The first-order valence-corrected chi connectivity index (χ1v) is 13.0. The standard InChI is InChI=1S/C28H24N.C5H8O2.C2H2.Ir/c1-17-12-18(2)14-23(13-17)28-27-22-9-8-21(15-22)26(27)24-16-20(10-11-25(24)29-28)19-6-4-3-5-7-19;1-4(6)3-5(2)7;1-2;/h3-7,10-13,16,21-22H,8-9,15H2,1-2H3;3,6H,1-2H3;1-2H;/q-1;;;. The summed E-state index contributed by atoms with van der Waals surface area (Å²) in [6.07, 6.45) is 13.1. The Morgan fingerprint density at radius 3 is 2.21 bits per heavy atom. The van der Waals surface area contributed by atoms with Gasteiger partial charge in [-0.3, -0.25) is 9.78 Å². The fourth-order valence-corrected chi connectivity index (χ4v) is 5.99. The van der Waals surface area contributed by atoms with Gasteiger partial charge in [-0.15, -0.1) is 47.7 Å². The molecule has 1 N–H and O–H groups in total. The number of rotatable bonds is 3. The maximum absolute atomic E-state index is 10.0. The van der Waals surface area contributed by atoms with E-state index in [1.165, 1.54) is 83.6 Å². The van der Waals surface area contributed by atoms with Gasteiger partial charge in [0.05, 0.1) is 11.3 Å². The Hall–Kier alpha value is -3.51. The largest absolute Gasteiger partial charge is 0.512 e. The average molecular weight is 693 g/mol. The zero-order chi connectivity index (χ0) is 27.4. The fourth-order valence-electron chi connectivity index (χ4n) is 5.99. The van der Waals surface area contributed by atoms with Crippen molar-refractivity contribution in [3.8, 4) is 35.2 Å². The molecule has 2 bridgehead atoms. The topological polar surface area (TPSA) is 50.2 Å². The molecule has 2 atom stereocenters. The van der Waals surface area contributed by atoms with E-state index in [1.807, 2.05) is 0 Å². The fraction of sp³-hybridized carbons (Fsp3) is 0.257. The first kappa shape index (κ1) is 30.0. The predicted octanol–water partition coefficient (Wildman–Crippen LogP) is 8.63. The Labute approximate surface area is 245 Å². The van der Waals surface area contributed by atoms with Crippen LogP contribution in [0.5, 0.6) is 0 Å². The second-order valence-electron chi connectivity index (χ2n) is 10.2. The van der Waals surface area contributed by atoms with Gasteiger partial charge in [-0.1, -0.05) is 55.8 Å². The molecule has 4 aromatic rings. The first-order valence-electron chi connectivity index (χ1n) is 13.0. The van der Waals surface area contributed by atoms with Crippen molar-refractivity contribution in [1.82, 2.24) is 4.98 Å². The van der Waals surface area contributed by atoms with Crippen LogP contribution in [-0.2, 0) is 24.9 Å². The summed E-state index contributed by atoms with van der Waals surface area (Å²) >= 11 is 0. The quantitative estimate of drug-likeness (QED) is 0.101. The van der Waals surface area contributed by atoms with E-state index in [4.69, 9.17) is 10.1 Å². The minimum absolute atomic E-state index is 0. The summed E-state index contributed by atoms with van der Waals surface area (Å²) < 4.78 is 0. The number of ketones is 1. The third kappa shape index (κ3) is 6.56. The van der Waals surface area contributed by atoms with Gasteiger partial charge >= 0.3 is 0 Å². The summed E-state index contributed by atoms with van der Waals surface area (Å²) in [5.74, 6) is 1.29. The van der Waals surface area contributed by atoms with E-state index < -0.39 is 0 Å². The molecule has 6 rings (SSSR count). The molecule has 2 aliphatic rings. The van der Waals surface area contributed by atoms with Gasteiger partial charge in [0.2, 0.25) is 0 Å². The number of aliphatic hydroxyl groups is 1. The zero-order valence-electron chi connectivity index (χ0n) is 22.9. The Morgan fingerprint density at radius 1 is 0.949 bits per heavy atom.